The molecule has 1 unspecified atom stereocenters. The number of rotatable bonds is 3. The summed E-state index contributed by atoms with van der Waals surface area (Å²) in [5.74, 6) is -3.94. The smallest absolute Gasteiger partial charge is 0.194 e. The first-order valence-electron chi connectivity index (χ1n) is 5.60. The summed E-state index contributed by atoms with van der Waals surface area (Å²) in [6.07, 6.45) is -1.51. The average molecular weight is 303 g/mol. The molecular formula is C14H10ClF3O2. The Morgan fingerprint density at radius 3 is 2.30 bits per heavy atom. The Balaban J connectivity index is 2.46. The maximum absolute atomic E-state index is 13.6. The molecule has 0 amide bonds. The van der Waals surface area contributed by atoms with Crippen LogP contribution < -0.4 is 4.74 Å². The van der Waals surface area contributed by atoms with Crippen molar-refractivity contribution in [2.24, 2.45) is 0 Å². The molecular weight excluding hydrogens is 293 g/mol. The van der Waals surface area contributed by atoms with E-state index in [1.807, 2.05) is 0 Å². The minimum Gasteiger partial charge on any atom is -0.497 e. The summed E-state index contributed by atoms with van der Waals surface area (Å²) in [4.78, 5) is 0. The van der Waals surface area contributed by atoms with E-state index in [4.69, 9.17) is 16.3 Å². The summed E-state index contributed by atoms with van der Waals surface area (Å²) >= 11 is 5.95. The third-order valence-electron chi connectivity index (χ3n) is 2.86. The van der Waals surface area contributed by atoms with Crippen molar-refractivity contribution in [1.82, 2.24) is 0 Å². The quantitative estimate of drug-likeness (QED) is 0.873. The molecule has 1 N–H and O–H groups in total. The fourth-order valence-corrected chi connectivity index (χ4v) is 2.05. The highest BCUT2D eigenvalue weighted by Crippen LogP contribution is 2.33. The van der Waals surface area contributed by atoms with E-state index in [0.29, 0.717) is 5.75 Å². The second-order valence-electron chi connectivity index (χ2n) is 4.05. The van der Waals surface area contributed by atoms with E-state index in [-0.39, 0.29) is 10.6 Å². The minimum atomic E-state index is -1.63. The molecule has 0 aromatic heterocycles. The summed E-state index contributed by atoms with van der Waals surface area (Å²) in [6, 6.07) is 6.08. The SMILES string of the molecule is COc1ccc(C(O)c2ccc(F)c(F)c2F)c(Cl)c1. The maximum atomic E-state index is 13.6. The number of hydrogen-bond donors (Lipinski definition) is 1. The van der Waals surface area contributed by atoms with Crippen molar-refractivity contribution in [3.63, 3.8) is 0 Å². The predicted octanol–water partition coefficient (Wildman–Crippen LogP) is 3.85. The van der Waals surface area contributed by atoms with Crippen molar-refractivity contribution in [3.8, 4) is 5.75 Å². The number of methoxy groups -OCH3 is 1. The molecule has 6 heteroatoms. The Morgan fingerprint density at radius 1 is 1.05 bits per heavy atom. The minimum absolute atomic E-state index is 0.126. The molecule has 106 valence electrons. The number of ether oxygens (including phenoxy) is 1. The standard InChI is InChI=1S/C14H10ClF3O2/c1-20-7-2-3-8(10(15)6-7)14(19)9-4-5-11(16)13(18)12(9)17/h2-6,14,19H,1H3. The second kappa shape index (κ2) is 5.73. The second-order valence-corrected chi connectivity index (χ2v) is 4.46. The van der Waals surface area contributed by atoms with Gasteiger partial charge in [0.2, 0.25) is 0 Å². The molecule has 0 heterocycles. The lowest BCUT2D eigenvalue weighted by Gasteiger charge is -2.15. The van der Waals surface area contributed by atoms with Crippen molar-refractivity contribution >= 4 is 11.6 Å². The predicted molar refractivity (Wildman–Crippen MR) is 68.4 cm³/mol. The molecule has 0 saturated heterocycles. The number of hydrogen-bond acceptors (Lipinski definition) is 2. The highest BCUT2D eigenvalue weighted by Gasteiger charge is 2.22. The van der Waals surface area contributed by atoms with E-state index in [9.17, 15) is 18.3 Å². The van der Waals surface area contributed by atoms with Gasteiger partial charge < -0.3 is 9.84 Å². The monoisotopic (exact) mass is 302 g/mol. The van der Waals surface area contributed by atoms with E-state index in [2.05, 4.69) is 0 Å². The fraction of sp³-hybridized carbons (Fsp3) is 0.143. The Kier molecular flexibility index (Phi) is 4.20. The Hall–Kier alpha value is -1.72. The number of benzene rings is 2. The van der Waals surface area contributed by atoms with Crippen LogP contribution in [0.4, 0.5) is 13.2 Å². The van der Waals surface area contributed by atoms with Crippen LogP contribution in [0.1, 0.15) is 17.2 Å². The van der Waals surface area contributed by atoms with E-state index in [1.165, 1.54) is 25.3 Å². The van der Waals surface area contributed by atoms with Crippen molar-refractivity contribution in [3.05, 3.63) is 63.9 Å². The summed E-state index contributed by atoms with van der Waals surface area (Å²) in [7, 11) is 1.44. The van der Waals surface area contributed by atoms with Crippen molar-refractivity contribution in [1.29, 1.82) is 0 Å². The molecule has 1 atom stereocenters. The highest BCUT2D eigenvalue weighted by molar-refractivity contribution is 6.31. The number of aliphatic hydroxyl groups excluding tert-OH is 1. The van der Waals surface area contributed by atoms with Gasteiger partial charge in [0.05, 0.1) is 12.1 Å². The first-order chi connectivity index (χ1) is 9.45. The zero-order chi connectivity index (χ0) is 14.9. The molecule has 2 nitrogen and oxygen atoms in total. The molecule has 2 rings (SSSR count). The van der Waals surface area contributed by atoms with Crippen molar-refractivity contribution < 1.29 is 23.0 Å². The molecule has 0 aliphatic heterocycles. The summed E-state index contributed by atoms with van der Waals surface area (Å²) in [5, 5.41) is 10.2. The van der Waals surface area contributed by atoms with E-state index in [1.54, 1.807) is 0 Å². The molecule has 0 radical (unpaired) electrons. The summed E-state index contributed by atoms with van der Waals surface area (Å²) < 4.78 is 44.6. The molecule has 20 heavy (non-hydrogen) atoms. The van der Waals surface area contributed by atoms with E-state index >= 15 is 0 Å². The van der Waals surface area contributed by atoms with Crippen LogP contribution in [-0.4, -0.2) is 12.2 Å². The van der Waals surface area contributed by atoms with Gasteiger partial charge in [0.15, 0.2) is 17.5 Å². The highest BCUT2D eigenvalue weighted by atomic mass is 35.5. The van der Waals surface area contributed by atoms with Gasteiger partial charge in [0.25, 0.3) is 0 Å². The molecule has 2 aromatic rings. The lowest BCUT2D eigenvalue weighted by Crippen LogP contribution is -2.06. The lowest BCUT2D eigenvalue weighted by atomic mass is 10.0. The van der Waals surface area contributed by atoms with Crippen molar-refractivity contribution in [2.75, 3.05) is 7.11 Å². The van der Waals surface area contributed by atoms with Crippen LogP contribution in [-0.2, 0) is 0 Å². The topological polar surface area (TPSA) is 29.5 Å². The van der Waals surface area contributed by atoms with Crippen LogP contribution in [0.15, 0.2) is 30.3 Å². The Bertz CT molecular complexity index is 647. The third kappa shape index (κ3) is 2.59. The van der Waals surface area contributed by atoms with Gasteiger partial charge in [-0.2, -0.15) is 0 Å². The van der Waals surface area contributed by atoms with Gasteiger partial charge in [0.1, 0.15) is 11.9 Å². The van der Waals surface area contributed by atoms with Gasteiger partial charge in [-0.05, 0) is 18.2 Å². The van der Waals surface area contributed by atoms with E-state index in [0.717, 1.165) is 12.1 Å². The Morgan fingerprint density at radius 2 is 1.70 bits per heavy atom. The Labute approximate surface area is 118 Å². The zero-order valence-electron chi connectivity index (χ0n) is 10.3. The maximum Gasteiger partial charge on any atom is 0.194 e. The fourth-order valence-electron chi connectivity index (χ4n) is 1.78. The molecule has 0 saturated carbocycles. The first-order valence-corrected chi connectivity index (χ1v) is 5.98. The largest absolute Gasteiger partial charge is 0.497 e. The normalized spacial score (nSPS) is 12.3. The van der Waals surface area contributed by atoms with E-state index < -0.39 is 29.1 Å². The molecule has 0 aliphatic rings. The van der Waals surface area contributed by atoms with Crippen LogP contribution in [0.3, 0.4) is 0 Å². The van der Waals surface area contributed by atoms with Crippen LogP contribution in [0.2, 0.25) is 5.02 Å². The van der Waals surface area contributed by atoms with Crippen molar-refractivity contribution in [2.45, 2.75) is 6.10 Å². The average Bonchev–Trinajstić information content (AvgIpc) is 2.44. The molecule has 0 fully saturated rings. The van der Waals surface area contributed by atoms with Gasteiger partial charge in [-0.1, -0.05) is 23.7 Å². The number of halogens is 4. The third-order valence-corrected chi connectivity index (χ3v) is 3.19. The molecule has 0 spiro atoms. The van der Waals surface area contributed by atoms with Crippen LogP contribution >= 0.6 is 11.6 Å². The van der Waals surface area contributed by atoms with Gasteiger partial charge in [0, 0.05) is 11.1 Å². The van der Waals surface area contributed by atoms with Crippen LogP contribution in [0.25, 0.3) is 0 Å². The van der Waals surface area contributed by atoms with Crippen LogP contribution in [0, 0.1) is 17.5 Å². The van der Waals surface area contributed by atoms with Gasteiger partial charge >= 0.3 is 0 Å². The molecule has 2 aromatic carbocycles. The zero-order valence-corrected chi connectivity index (χ0v) is 11.1. The van der Waals surface area contributed by atoms with Crippen LogP contribution in [0.5, 0.6) is 5.75 Å². The van der Waals surface area contributed by atoms with Gasteiger partial charge in [-0.3, -0.25) is 0 Å². The van der Waals surface area contributed by atoms with Gasteiger partial charge in [-0.25, -0.2) is 13.2 Å². The van der Waals surface area contributed by atoms with Gasteiger partial charge in [-0.15, -0.1) is 0 Å². The lowest BCUT2D eigenvalue weighted by molar-refractivity contribution is 0.212. The first kappa shape index (κ1) is 14.7. The molecule has 0 bridgehead atoms. The number of aliphatic hydroxyl groups is 1. The summed E-state index contributed by atoms with van der Waals surface area (Å²) in [5.41, 5.74) is -0.228. The molecule has 0 aliphatic carbocycles. The summed E-state index contributed by atoms with van der Waals surface area (Å²) in [6.45, 7) is 0.